The summed E-state index contributed by atoms with van der Waals surface area (Å²) in [5.41, 5.74) is -0.632. The Labute approximate surface area is 109 Å². The number of carbonyl (C=O) groups is 1. The van der Waals surface area contributed by atoms with Crippen molar-refractivity contribution in [3.8, 4) is 0 Å². The number of nitrogens with zero attached hydrogens (tertiary/aromatic N) is 1. The van der Waals surface area contributed by atoms with Crippen LogP contribution >= 0.6 is 0 Å². The van der Waals surface area contributed by atoms with Gasteiger partial charge in [-0.2, -0.15) is 0 Å². The van der Waals surface area contributed by atoms with E-state index < -0.39 is 5.54 Å². The number of amides is 1. The van der Waals surface area contributed by atoms with Gasteiger partial charge >= 0.3 is 0 Å². The third kappa shape index (κ3) is 4.25. The fourth-order valence-corrected chi connectivity index (χ4v) is 1.25. The van der Waals surface area contributed by atoms with Crippen molar-refractivity contribution in [3.05, 3.63) is 37.4 Å². The maximum atomic E-state index is 12.0. The van der Waals surface area contributed by atoms with Crippen LogP contribution in [0.2, 0.25) is 0 Å². The summed E-state index contributed by atoms with van der Waals surface area (Å²) in [4.78, 5) is 13.5. The Hall–Kier alpha value is -1.75. The summed E-state index contributed by atoms with van der Waals surface area (Å²) < 4.78 is 0. The highest BCUT2D eigenvalue weighted by Crippen LogP contribution is 2.17. The molecule has 1 atom stereocenters. The molecule has 0 heterocycles. The van der Waals surface area contributed by atoms with Gasteiger partial charge in [0.15, 0.2) is 0 Å². The first-order chi connectivity index (χ1) is 8.28. The molecule has 0 aliphatic rings. The van der Waals surface area contributed by atoms with Crippen molar-refractivity contribution in [2.75, 3.05) is 20.6 Å². The lowest BCUT2D eigenvalue weighted by molar-refractivity contribution is -0.120. The van der Waals surface area contributed by atoms with E-state index >= 15 is 0 Å². The lowest BCUT2D eigenvalue weighted by Gasteiger charge is -2.31. The molecule has 0 aliphatic heterocycles. The monoisotopic (exact) mass is 253 g/mol. The zero-order valence-electron chi connectivity index (χ0n) is 11.4. The molecule has 0 rings (SSSR count). The van der Waals surface area contributed by atoms with Crippen molar-refractivity contribution in [2.24, 2.45) is 0 Å². The van der Waals surface area contributed by atoms with Crippen molar-refractivity contribution in [3.63, 3.8) is 0 Å². The summed E-state index contributed by atoms with van der Waals surface area (Å²) in [6.45, 7) is 13.1. The quantitative estimate of drug-likeness (QED) is 0.448. The maximum absolute atomic E-state index is 12.0. The molecule has 3 N–H and O–H groups in total. The number of likely N-dealkylation sites (N-methyl/N-ethyl adjacent to an activating group) is 1. The molecule has 0 aromatic rings. The molecule has 1 amide bonds. The SMILES string of the molecule is C=CN(C)C(=C)C(=O)NC(C)(CCNC)C(=C)O. The predicted octanol–water partition coefficient (Wildman–Crippen LogP) is 1.13. The first kappa shape index (κ1) is 16.2. The van der Waals surface area contributed by atoms with E-state index in [0.717, 1.165) is 0 Å². The van der Waals surface area contributed by atoms with Crippen LogP contribution in [0, 0.1) is 0 Å². The highest BCUT2D eigenvalue weighted by atomic mass is 16.3. The second-order valence-electron chi connectivity index (χ2n) is 4.33. The molecule has 1 unspecified atom stereocenters. The van der Waals surface area contributed by atoms with Crippen molar-refractivity contribution < 1.29 is 9.90 Å². The fraction of sp³-hybridized carbons (Fsp3) is 0.462. The second kappa shape index (κ2) is 6.86. The predicted molar refractivity (Wildman–Crippen MR) is 74.0 cm³/mol. The minimum atomic E-state index is -0.884. The molecule has 0 fully saturated rings. The number of hydrogen-bond acceptors (Lipinski definition) is 4. The van der Waals surface area contributed by atoms with Gasteiger partial charge in [0.2, 0.25) is 0 Å². The zero-order chi connectivity index (χ0) is 14.3. The van der Waals surface area contributed by atoms with Gasteiger partial charge in [-0.15, -0.1) is 0 Å². The van der Waals surface area contributed by atoms with E-state index in [2.05, 4.69) is 30.4 Å². The molecule has 0 aromatic heterocycles. The summed E-state index contributed by atoms with van der Waals surface area (Å²) >= 11 is 0. The van der Waals surface area contributed by atoms with E-state index in [9.17, 15) is 9.90 Å². The van der Waals surface area contributed by atoms with E-state index in [1.54, 1.807) is 21.0 Å². The van der Waals surface area contributed by atoms with E-state index in [1.165, 1.54) is 11.1 Å². The van der Waals surface area contributed by atoms with Crippen LogP contribution in [0.1, 0.15) is 13.3 Å². The van der Waals surface area contributed by atoms with Crippen molar-refractivity contribution in [1.29, 1.82) is 0 Å². The molecule has 18 heavy (non-hydrogen) atoms. The third-order valence-electron chi connectivity index (χ3n) is 2.86. The fourth-order valence-electron chi connectivity index (χ4n) is 1.25. The maximum Gasteiger partial charge on any atom is 0.268 e. The van der Waals surface area contributed by atoms with Gasteiger partial charge < -0.3 is 20.6 Å². The standard InChI is InChI=1S/C13H23N3O2/c1-7-16(6)10(2)12(18)15-13(4,11(3)17)8-9-14-5/h7,14,17H,1-3,8-9H2,4-6H3,(H,15,18). The van der Waals surface area contributed by atoms with E-state index in [1.807, 2.05) is 0 Å². The summed E-state index contributed by atoms with van der Waals surface area (Å²) in [5, 5.41) is 15.3. The van der Waals surface area contributed by atoms with Crippen molar-refractivity contribution in [1.82, 2.24) is 15.5 Å². The molecule has 0 radical (unpaired) electrons. The smallest absolute Gasteiger partial charge is 0.268 e. The van der Waals surface area contributed by atoms with Crippen LogP contribution in [-0.4, -0.2) is 42.1 Å². The molecule has 0 spiro atoms. The van der Waals surface area contributed by atoms with E-state index in [0.29, 0.717) is 13.0 Å². The normalized spacial score (nSPS) is 13.3. The number of nitrogens with one attached hydrogen (secondary N) is 2. The average Bonchev–Trinajstić information content (AvgIpc) is 2.34. The number of carbonyl (C=O) groups excluding carboxylic acids is 1. The van der Waals surface area contributed by atoms with E-state index in [-0.39, 0.29) is 17.4 Å². The molecule has 5 heteroatoms. The molecule has 0 aromatic carbocycles. The molecule has 5 nitrogen and oxygen atoms in total. The van der Waals surface area contributed by atoms with Crippen LogP contribution in [0.5, 0.6) is 0 Å². The van der Waals surface area contributed by atoms with E-state index in [4.69, 9.17) is 0 Å². The van der Waals surface area contributed by atoms with Crippen LogP contribution in [0.4, 0.5) is 0 Å². The molecule has 0 saturated carbocycles. The Balaban J connectivity index is 4.79. The van der Waals surface area contributed by atoms with Gasteiger partial charge in [-0.05, 0) is 33.1 Å². The highest BCUT2D eigenvalue weighted by Gasteiger charge is 2.30. The Morgan fingerprint density at radius 3 is 2.44 bits per heavy atom. The van der Waals surface area contributed by atoms with Gasteiger partial charge in [0.1, 0.15) is 5.76 Å². The van der Waals surface area contributed by atoms with Crippen molar-refractivity contribution in [2.45, 2.75) is 18.9 Å². The molecule has 0 bridgehead atoms. The second-order valence-corrected chi connectivity index (χ2v) is 4.33. The summed E-state index contributed by atoms with van der Waals surface area (Å²) in [5.74, 6) is -0.452. The van der Waals surface area contributed by atoms with Crippen molar-refractivity contribution >= 4 is 5.91 Å². The molecule has 0 aliphatic carbocycles. The lowest BCUT2D eigenvalue weighted by Crippen LogP contribution is -2.50. The Bertz CT molecular complexity index is 352. The summed E-state index contributed by atoms with van der Waals surface area (Å²) in [6, 6.07) is 0. The Morgan fingerprint density at radius 2 is 2.06 bits per heavy atom. The summed E-state index contributed by atoms with van der Waals surface area (Å²) in [7, 11) is 3.47. The Kier molecular flexibility index (Phi) is 6.19. The lowest BCUT2D eigenvalue weighted by atomic mass is 9.95. The van der Waals surface area contributed by atoms with Crippen LogP contribution in [0.3, 0.4) is 0 Å². The van der Waals surface area contributed by atoms with Crippen LogP contribution in [0.25, 0.3) is 0 Å². The Morgan fingerprint density at radius 1 is 1.50 bits per heavy atom. The van der Waals surface area contributed by atoms with Gasteiger partial charge in [0.05, 0.1) is 11.2 Å². The van der Waals surface area contributed by atoms with Crippen LogP contribution in [-0.2, 0) is 4.79 Å². The number of hydrogen-bond donors (Lipinski definition) is 3. The van der Waals surface area contributed by atoms with Crippen LogP contribution in [0.15, 0.2) is 37.4 Å². The molecule has 102 valence electrons. The zero-order valence-corrected chi connectivity index (χ0v) is 11.4. The molecule has 0 saturated heterocycles. The first-order valence-electron chi connectivity index (χ1n) is 5.68. The van der Waals surface area contributed by atoms with Gasteiger partial charge in [0.25, 0.3) is 5.91 Å². The molecular formula is C13H23N3O2. The number of rotatable bonds is 8. The first-order valence-corrected chi connectivity index (χ1v) is 5.68. The topological polar surface area (TPSA) is 64.6 Å². The van der Waals surface area contributed by atoms with Gasteiger partial charge in [-0.3, -0.25) is 4.79 Å². The van der Waals surface area contributed by atoms with Crippen LogP contribution < -0.4 is 10.6 Å². The minimum Gasteiger partial charge on any atom is -0.510 e. The number of aliphatic hydroxyl groups is 1. The molecular weight excluding hydrogens is 230 g/mol. The largest absolute Gasteiger partial charge is 0.510 e. The van der Waals surface area contributed by atoms with Gasteiger partial charge in [-0.25, -0.2) is 0 Å². The van der Waals surface area contributed by atoms with Gasteiger partial charge in [-0.1, -0.05) is 19.7 Å². The highest BCUT2D eigenvalue weighted by molar-refractivity contribution is 5.93. The minimum absolute atomic E-state index is 0.0832. The average molecular weight is 253 g/mol. The third-order valence-corrected chi connectivity index (χ3v) is 2.86. The van der Waals surface area contributed by atoms with Gasteiger partial charge in [0, 0.05) is 7.05 Å². The number of aliphatic hydroxyl groups excluding tert-OH is 1. The summed E-state index contributed by atoms with van der Waals surface area (Å²) in [6.07, 6.45) is 2.01.